The molecule has 24 heavy (non-hydrogen) atoms. The summed E-state index contributed by atoms with van der Waals surface area (Å²) in [6.07, 6.45) is 3.11. The Balaban J connectivity index is 2.43. The number of ether oxygens (including phenoxy) is 3. The minimum absolute atomic E-state index is 0.119. The number of pyridine rings is 1. The highest BCUT2D eigenvalue weighted by molar-refractivity contribution is 5.95. The average Bonchev–Trinajstić information content (AvgIpc) is 2.64. The number of carbonyl (C=O) groups is 1. The van der Waals surface area contributed by atoms with E-state index in [1.54, 1.807) is 24.4 Å². The summed E-state index contributed by atoms with van der Waals surface area (Å²) < 4.78 is 16.0. The van der Waals surface area contributed by atoms with E-state index in [0.717, 1.165) is 11.1 Å². The quantitative estimate of drug-likeness (QED) is 0.798. The van der Waals surface area contributed by atoms with Crippen molar-refractivity contribution in [3.05, 3.63) is 36.2 Å². The summed E-state index contributed by atoms with van der Waals surface area (Å²) in [7, 11) is 4.61. The number of methoxy groups -OCH3 is 3. The van der Waals surface area contributed by atoms with Crippen molar-refractivity contribution in [1.82, 2.24) is 10.3 Å². The number of nitrogens with zero attached hydrogens (tertiary/aromatic N) is 1. The molecule has 7 nitrogen and oxygen atoms in total. The van der Waals surface area contributed by atoms with Crippen molar-refractivity contribution in [2.45, 2.75) is 0 Å². The highest BCUT2D eigenvalue weighted by Gasteiger charge is 2.15. The maximum Gasteiger partial charge on any atom is 0.252 e. The van der Waals surface area contributed by atoms with Gasteiger partial charge in [-0.15, -0.1) is 0 Å². The number of nitrogens with one attached hydrogen (secondary N) is 1. The molecule has 0 aliphatic heterocycles. The van der Waals surface area contributed by atoms with Crippen molar-refractivity contribution in [1.29, 1.82) is 0 Å². The molecule has 7 heteroatoms. The van der Waals surface area contributed by atoms with Crippen LogP contribution in [0.1, 0.15) is 10.4 Å². The molecule has 2 N–H and O–H groups in total. The van der Waals surface area contributed by atoms with Gasteiger partial charge in [0.25, 0.3) is 5.91 Å². The Morgan fingerprint density at radius 1 is 1.04 bits per heavy atom. The van der Waals surface area contributed by atoms with Crippen molar-refractivity contribution in [3.63, 3.8) is 0 Å². The van der Waals surface area contributed by atoms with Crippen molar-refractivity contribution in [2.24, 2.45) is 0 Å². The van der Waals surface area contributed by atoms with Crippen LogP contribution in [-0.2, 0) is 0 Å². The Kier molecular flexibility index (Phi) is 5.97. The third kappa shape index (κ3) is 3.75. The summed E-state index contributed by atoms with van der Waals surface area (Å²) in [4.78, 5) is 16.1. The number of hydrogen-bond donors (Lipinski definition) is 2. The van der Waals surface area contributed by atoms with Gasteiger partial charge in [-0.3, -0.25) is 9.78 Å². The van der Waals surface area contributed by atoms with E-state index in [1.165, 1.54) is 27.5 Å². The van der Waals surface area contributed by atoms with Crippen molar-refractivity contribution in [2.75, 3.05) is 34.5 Å². The SMILES string of the molecule is COc1cc(-c2cncc(C(=O)NCCO)c2)cc(OC)c1OC. The van der Waals surface area contributed by atoms with Gasteiger partial charge in [0.2, 0.25) is 5.75 Å². The number of benzene rings is 1. The van der Waals surface area contributed by atoms with Gasteiger partial charge >= 0.3 is 0 Å². The van der Waals surface area contributed by atoms with Gasteiger partial charge in [-0.2, -0.15) is 0 Å². The number of aliphatic hydroxyl groups excluding tert-OH is 1. The number of rotatable bonds is 7. The average molecular weight is 332 g/mol. The minimum atomic E-state index is -0.300. The van der Waals surface area contributed by atoms with Crippen LogP contribution in [0.2, 0.25) is 0 Å². The van der Waals surface area contributed by atoms with E-state index in [4.69, 9.17) is 19.3 Å². The van der Waals surface area contributed by atoms with Crippen LogP contribution in [0.5, 0.6) is 17.2 Å². The molecule has 1 amide bonds. The fourth-order valence-electron chi connectivity index (χ4n) is 2.24. The first-order chi connectivity index (χ1) is 11.6. The fraction of sp³-hybridized carbons (Fsp3) is 0.294. The van der Waals surface area contributed by atoms with Gasteiger partial charge in [-0.05, 0) is 23.8 Å². The second kappa shape index (κ2) is 8.16. The van der Waals surface area contributed by atoms with Crippen LogP contribution < -0.4 is 19.5 Å². The summed E-state index contributed by atoms with van der Waals surface area (Å²) >= 11 is 0. The monoisotopic (exact) mass is 332 g/mol. The summed E-state index contributed by atoms with van der Waals surface area (Å²) in [6.45, 7) is 0.0684. The van der Waals surface area contributed by atoms with Crippen LogP contribution in [0, 0.1) is 0 Å². The zero-order valence-corrected chi connectivity index (χ0v) is 13.8. The van der Waals surface area contributed by atoms with Crippen LogP contribution in [0.25, 0.3) is 11.1 Å². The Morgan fingerprint density at radius 3 is 2.25 bits per heavy atom. The van der Waals surface area contributed by atoms with E-state index in [-0.39, 0.29) is 19.1 Å². The summed E-state index contributed by atoms with van der Waals surface area (Å²) in [5.41, 5.74) is 1.90. The summed E-state index contributed by atoms with van der Waals surface area (Å²) in [5, 5.41) is 11.4. The van der Waals surface area contributed by atoms with Gasteiger partial charge in [-0.25, -0.2) is 0 Å². The lowest BCUT2D eigenvalue weighted by Crippen LogP contribution is -2.26. The second-order valence-electron chi connectivity index (χ2n) is 4.86. The number of carbonyl (C=O) groups excluding carboxylic acids is 1. The zero-order valence-electron chi connectivity index (χ0n) is 13.8. The maximum absolute atomic E-state index is 12.0. The van der Waals surface area contributed by atoms with E-state index in [9.17, 15) is 4.79 Å². The van der Waals surface area contributed by atoms with E-state index in [2.05, 4.69) is 10.3 Å². The Bertz CT molecular complexity index is 693. The van der Waals surface area contributed by atoms with Crippen LogP contribution in [-0.4, -0.2) is 50.5 Å². The lowest BCUT2D eigenvalue weighted by Gasteiger charge is -2.14. The molecule has 1 aromatic heterocycles. The lowest BCUT2D eigenvalue weighted by atomic mass is 10.0. The Morgan fingerprint density at radius 2 is 1.71 bits per heavy atom. The van der Waals surface area contributed by atoms with Gasteiger partial charge in [0.15, 0.2) is 11.5 Å². The highest BCUT2D eigenvalue weighted by Crippen LogP contribution is 2.41. The Labute approximate surface area is 140 Å². The first kappa shape index (κ1) is 17.6. The van der Waals surface area contributed by atoms with E-state index in [1.807, 2.05) is 0 Å². The van der Waals surface area contributed by atoms with Crippen LogP contribution >= 0.6 is 0 Å². The maximum atomic E-state index is 12.0. The molecule has 2 aromatic rings. The minimum Gasteiger partial charge on any atom is -0.493 e. The van der Waals surface area contributed by atoms with E-state index < -0.39 is 0 Å². The van der Waals surface area contributed by atoms with Crippen molar-refractivity contribution in [3.8, 4) is 28.4 Å². The largest absolute Gasteiger partial charge is 0.493 e. The van der Waals surface area contributed by atoms with Gasteiger partial charge in [0.1, 0.15) is 0 Å². The molecule has 0 bridgehead atoms. The first-order valence-corrected chi connectivity index (χ1v) is 7.29. The molecule has 1 heterocycles. The van der Waals surface area contributed by atoms with Gasteiger partial charge in [-0.1, -0.05) is 0 Å². The molecule has 0 saturated carbocycles. The molecular formula is C17H20N2O5. The van der Waals surface area contributed by atoms with Gasteiger partial charge in [0.05, 0.1) is 33.5 Å². The third-order valence-corrected chi connectivity index (χ3v) is 3.40. The molecule has 0 spiro atoms. The van der Waals surface area contributed by atoms with Crippen LogP contribution in [0.15, 0.2) is 30.6 Å². The lowest BCUT2D eigenvalue weighted by molar-refractivity contribution is 0.0944. The topological polar surface area (TPSA) is 89.9 Å². The molecule has 128 valence electrons. The summed E-state index contributed by atoms with van der Waals surface area (Å²) in [6, 6.07) is 5.28. The first-order valence-electron chi connectivity index (χ1n) is 7.29. The number of amides is 1. The molecule has 2 rings (SSSR count). The van der Waals surface area contributed by atoms with Gasteiger partial charge < -0.3 is 24.6 Å². The standard InChI is InChI=1S/C17H20N2O5/c1-22-14-7-11(8-15(23-2)16(14)24-3)12-6-13(10-18-9-12)17(21)19-4-5-20/h6-10,20H,4-5H2,1-3H3,(H,19,21). The predicted octanol–water partition coefficient (Wildman–Crippen LogP) is 1.50. The highest BCUT2D eigenvalue weighted by atomic mass is 16.5. The molecule has 1 aromatic carbocycles. The van der Waals surface area contributed by atoms with Crippen LogP contribution in [0.3, 0.4) is 0 Å². The number of hydrogen-bond acceptors (Lipinski definition) is 6. The predicted molar refractivity (Wildman–Crippen MR) is 88.7 cm³/mol. The normalized spacial score (nSPS) is 10.2. The molecule has 0 unspecified atom stereocenters. The molecule has 0 atom stereocenters. The van der Waals surface area contributed by atoms with Gasteiger partial charge in [0, 0.05) is 24.5 Å². The number of aromatic nitrogens is 1. The molecule has 0 saturated heterocycles. The molecule has 0 radical (unpaired) electrons. The number of aliphatic hydroxyl groups is 1. The molecular weight excluding hydrogens is 312 g/mol. The Hall–Kier alpha value is -2.80. The smallest absolute Gasteiger partial charge is 0.252 e. The van der Waals surface area contributed by atoms with E-state index >= 15 is 0 Å². The van der Waals surface area contributed by atoms with E-state index in [0.29, 0.717) is 22.8 Å². The van der Waals surface area contributed by atoms with Crippen LogP contribution in [0.4, 0.5) is 0 Å². The fourth-order valence-corrected chi connectivity index (χ4v) is 2.24. The second-order valence-corrected chi connectivity index (χ2v) is 4.86. The molecule has 0 aliphatic rings. The summed E-state index contributed by atoms with van der Waals surface area (Å²) in [5.74, 6) is 1.23. The van der Waals surface area contributed by atoms with Crippen molar-refractivity contribution < 1.29 is 24.1 Å². The molecule has 0 aliphatic carbocycles. The van der Waals surface area contributed by atoms with Crippen molar-refractivity contribution >= 4 is 5.91 Å². The molecule has 0 fully saturated rings. The zero-order chi connectivity index (χ0) is 17.5. The third-order valence-electron chi connectivity index (χ3n) is 3.40.